The highest BCUT2D eigenvalue weighted by Crippen LogP contribution is 2.35. The Bertz CT molecular complexity index is 1240. The number of ether oxygens (including phenoxy) is 2. The van der Waals surface area contributed by atoms with Crippen molar-refractivity contribution in [3.05, 3.63) is 89.6 Å². The molecule has 1 aliphatic heterocycles. The first-order valence-electron chi connectivity index (χ1n) is 10.2. The Hall–Kier alpha value is -4.20. The lowest BCUT2D eigenvalue weighted by molar-refractivity contribution is -0.120. The Morgan fingerprint density at radius 2 is 1.52 bits per heavy atom. The molecular weight excluding hydrogens is 430 g/mol. The molecule has 3 aromatic rings. The Morgan fingerprint density at radius 3 is 2.12 bits per heavy atom. The standard InChI is InChI=1S/C25H20F2N2O4/c1-3-33-19-9-4-15(5-10-19)22-23(28-16-6-11-18(32-2)12-7-16)25(31)29(24(22)30)17-8-13-20(26)21(27)14-17/h4-14,28H,3H2,1-2H3. The number of benzene rings is 3. The minimum Gasteiger partial charge on any atom is -0.497 e. The van der Waals surface area contributed by atoms with Gasteiger partial charge in [0.1, 0.15) is 17.2 Å². The predicted octanol–water partition coefficient (Wildman–Crippen LogP) is 4.77. The minimum absolute atomic E-state index is 0.0130. The highest BCUT2D eigenvalue weighted by atomic mass is 19.2. The van der Waals surface area contributed by atoms with E-state index in [1.807, 2.05) is 6.92 Å². The maximum Gasteiger partial charge on any atom is 0.282 e. The Kier molecular flexibility index (Phi) is 6.08. The van der Waals surface area contributed by atoms with Crippen LogP contribution in [-0.4, -0.2) is 25.5 Å². The van der Waals surface area contributed by atoms with Crippen LogP contribution in [-0.2, 0) is 9.59 Å². The van der Waals surface area contributed by atoms with Gasteiger partial charge in [-0.3, -0.25) is 9.59 Å². The van der Waals surface area contributed by atoms with Gasteiger partial charge in [0.25, 0.3) is 11.8 Å². The maximum absolute atomic E-state index is 13.9. The van der Waals surface area contributed by atoms with Crippen LogP contribution in [0.25, 0.3) is 5.57 Å². The van der Waals surface area contributed by atoms with Crippen molar-refractivity contribution in [3.63, 3.8) is 0 Å². The highest BCUT2D eigenvalue weighted by molar-refractivity contribution is 6.46. The Morgan fingerprint density at radius 1 is 0.848 bits per heavy atom. The summed E-state index contributed by atoms with van der Waals surface area (Å²) in [7, 11) is 1.54. The fourth-order valence-electron chi connectivity index (χ4n) is 3.48. The van der Waals surface area contributed by atoms with E-state index in [0.717, 1.165) is 17.0 Å². The minimum atomic E-state index is -1.16. The van der Waals surface area contributed by atoms with Gasteiger partial charge >= 0.3 is 0 Å². The second-order valence-corrected chi connectivity index (χ2v) is 7.11. The van der Waals surface area contributed by atoms with E-state index in [1.54, 1.807) is 48.5 Å². The third-order valence-corrected chi connectivity index (χ3v) is 5.06. The van der Waals surface area contributed by atoms with Crippen molar-refractivity contribution in [2.75, 3.05) is 23.9 Å². The Labute approximate surface area is 189 Å². The fourth-order valence-corrected chi connectivity index (χ4v) is 3.48. The van der Waals surface area contributed by atoms with Crippen LogP contribution in [0.3, 0.4) is 0 Å². The molecule has 168 valence electrons. The lowest BCUT2D eigenvalue weighted by atomic mass is 10.0. The van der Waals surface area contributed by atoms with Crippen LogP contribution >= 0.6 is 0 Å². The molecule has 0 fully saturated rings. The Balaban J connectivity index is 1.78. The molecule has 1 heterocycles. The molecule has 2 amide bonds. The normalized spacial score (nSPS) is 13.5. The average Bonchev–Trinajstić information content (AvgIpc) is 3.06. The van der Waals surface area contributed by atoms with E-state index < -0.39 is 23.4 Å². The van der Waals surface area contributed by atoms with E-state index >= 15 is 0 Å². The number of nitrogens with one attached hydrogen (secondary N) is 1. The third-order valence-electron chi connectivity index (χ3n) is 5.06. The number of rotatable bonds is 7. The SMILES string of the molecule is CCOc1ccc(C2=C(Nc3ccc(OC)cc3)C(=O)N(c3ccc(F)c(F)c3)C2=O)cc1. The van der Waals surface area contributed by atoms with E-state index in [0.29, 0.717) is 29.4 Å². The summed E-state index contributed by atoms with van der Waals surface area (Å²) in [4.78, 5) is 27.5. The molecule has 0 radical (unpaired) electrons. The number of hydrogen-bond donors (Lipinski definition) is 1. The van der Waals surface area contributed by atoms with Gasteiger partial charge in [-0.25, -0.2) is 13.7 Å². The molecule has 0 saturated heterocycles. The highest BCUT2D eigenvalue weighted by Gasteiger charge is 2.40. The van der Waals surface area contributed by atoms with Gasteiger partial charge in [0.2, 0.25) is 0 Å². The van der Waals surface area contributed by atoms with Gasteiger partial charge in [-0.15, -0.1) is 0 Å². The molecule has 1 aliphatic rings. The number of imide groups is 1. The summed E-state index contributed by atoms with van der Waals surface area (Å²) in [6, 6.07) is 16.4. The van der Waals surface area contributed by atoms with Crippen molar-refractivity contribution in [2.24, 2.45) is 0 Å². The number of amides is 2. The number of carbonyl (C=O) groups excluding carboxylic acids is 2. The van der Waals surface area contributed by atoms with Crippen LogP contribution in [0.2, 0.25) is 0 Å². The van der Waals surface area contributed by atoms with E-state index in [9.17, 15) is 18.4 Å². The smallest absolute Gasteiger partial charge is 0.282 e. The molecule has 0 unspecified atom stereocenters. The first-order valence-corrected chi connectivity index (χ1v) is 10.2. The van der Waals surface area contributed by atoms with Crippen LogP contribution in [0.1, 0.15) is 12.5 Å². The summed E-state index contributed by atoms with van der Waals surface area (Å²) in [6.07, 6.45) is 0. The molecule has 0 bridgehead atoms. The van der Waals surface area contributed by atoms with Gasteiger partial charge in [-0.05, 0) is 61.0 Å². The van der Waals surface area contributed by atoms with Crippen LogP contribution in [0, 0.1) is 11.6 Å². The van der Waals surface area contributed by atoms with E-state index in [2.05, 4.69) is 5.32 Å². The summed E-state index contributed by atoms with van der Waals surface area (Å²) in [6.45, 7) is 2.33. The number of anilines is 2. The fraction of sp³-hybridized carbons (Fsp3) is 0.120. The second kappa shape index (κ2) is 9.12. The zero-order chi connectivity index (χ0) is 23.5. The molecule has 6 nitrogen and oxygen atoms in total. The summed E-state index contributed by atoms with van der Waals surface area (Å²) in [5.41, 5.74) is 1.06. The summed E-state index contributed by atoms with van der Waals surface area (Å²) < 4.78 is 37.9. The molecule has 0 saturated carbocycles. The molecular formula is C25H20F2N2O4. The molecule has 0 atom stereocenters. The molecule has 0 aliphatic carbocycles. The van der Waals surface area contributed by atoms with Gasteiger partial charge in [0, 0.05) is 11.8 Å². The second-order valence-electron chi connectivity index (χ2n) is 7.11. The number of nitrogens with zero attached hydrogens (tertiary/aromatic N) is 1. The van der Waals surface area contributed by atoms with Gasteiger partial charge in [0.15, 0.2) is 11.6 Å². The van der Waals surface area contributed by atoms with E-state index in [-0.39, 0.29) is 17.0 Å². The molecule has 1 N–H and O–H groups in total. The predicted molar refractivity (Wildman–Crippen MR) is 120 cm³/mol. The average molecular weight is 450 g/mol. The number of hydrogen-bond acceptors (Lipinski definition) is 5. The van der Waals surface area contributed by atoms with Crippen molar-refractivity contribution in [2.45, 2.75) is 6.92 Å². The monoisotopic (exact) mass is 450 g/mol. The quantitative estimate of drug-likeness (QED) is 0.526. The van der Waals surface area contributed by atoms with Gasteiger partial charge in [-0.2, -0.15) is 0 Å². The van der Waals surface area contributed by atoms with Crippen LogP contribution in [0.15, 0.2) is 72.4 Å². The summed E-state index contributed by atoms with van der Waals surface area (Å²) in [5, 5.41) is 3.00. The van der Waals surface area contributed by atoms with Crippen LogP contribution < -0.4 is 19.7 Å². The zero-order valence-corrected chi connectivity index (χ0v) is 17.9. The number of carbonyl (C=O) groups is 2. The molecule has 4 rings (SSSR count). The zero-order valence-electron chi connectivity index (χ0n) is 17.9. The number of halogens is 2. The summed E-state index contributed by atoms with van der Waals surface area (Å²) in [5.74, 6) is -2.35. The largest absolute Gasteiger partial charge is 0.497 e. The molecule has 0 aromatic heterocycles. The lowest BCUT2D eigenvalue weighted by Gasteiger charge is -2.15. The van der Waals surface area contributed by atoms with Crippen molar-refractivity contribution in [1.82, 2.24) is 0 Å². The van der Waals surface area contributed by atoms with Gasteiger partial charge in [0.05, 0.1) is 25.0 Å². The van der Waals surface area contributed by atoms with E-state index in [4.69, 9.17) is 9.47 Å². The first kappa shape index (κ1) is 22.0. The van der Waals surface area contributed by atoms with Crippen molar-refractivity contribution >= 4 is 28.8 Å². The topological polar surface area (TPSA) is 67.9 Å². The van der Waals surface area contributed by atoms with Gasteiger partial charge < -0.3 is 14.8 Å². The molecule has 8 heteroatoms. The molecule has 0 spiro atoms. The maximum atomic E-state index is 13.9. The van der Waals surface area contributed by atoms with Crippen molar-refractivity contribution in [3.8, 4) is 11.5 Å². The third kappa shape index (κ3) is 4.27. The molecule has 3 aromatic carbocycles. The lowest BCUT2D eigenvalue weighted by Crippen LogP contribution is -2.32. The first-order chi connectivity index (χ1) is 15.9. The van der Waals surface area contributed by atoms with Crippen molar-refractivity contribution in [1.29, 1.82) is 0 Å². The van der Waals surface area contributed by atoms with Crippen LogP contribution in [0.5, 0.6) is 11.5 Å². The summed E-state index contributed by atoms with van der Waals surface area (Å²) >= 11 is 0. The molecule has 33 heavy (non-hydrogen) atoms. The van der Waals surface area contributed by atoms with Gasteiger partial charge in [-0.1, -0.05) is 12.1 Å². The van der Waals surface area contributed by atoms with Crippen LogP contribution in [0.4, 0.5) is 20.2 Å². The van der Waals surface area contributed by atoms with E-state index in [1.165, 1.54) is 13.2 Å². The van der Waals surface area contributed by atoms with Crippen molar-refractivity contribution < 1.29 is 27.8 Å². The number of methoxy groups -OCH3 is 1.